The third kappa shape index (κ3) is 9.98. The van der Waals surface area contributed by atoms with Crippen molar-refractivity contribution < 1.29 is 33.4 Å². The van der Waals surface area contributed by atoms with Gasteiger partial charge in [-0.1, -0.05) is 40.0 Å². The van der Waals surface area contributed by atoms with E-state index in [2.05, 4.69) is 10.6 Å². The minimum Gasteiger partial charge on any atom is -0.390 e. The van der Waals surface area contributed by atoms with Crippen molar-refractivity contribution in [1.82, 2.24) is 10.2 Å². The zero-order chi connectivity index (χ0) is 29.7. The van der Waals surface area contributed by atoms with E-state index in [4.69, 9.17) is 0 Å². The summed E-state index contributed by atoms with van der Waals surface area (Å²) in [6.07, 6.45) is 1.81. The van der Waals surface area contributed by atoms with Gasteiger partial charge in [-0.25, -0.2) is 8.78 Å². The largest absolute Gasteiger partial charge is 0.390 e. The van der Waals surface area contributed by atoms with Gasteiger partial charge in [0.1, 0.15) is 17.7 Å². The Labute approximate surface area is 234 Å². The molecule has 0 saturated carbocycles. The van der Waals surface area contributed by atoms with Gasteiger partial charge in [-0.3, -0.25) is 14.4 Å². The van der Waals surface area contributed by atoms with Gasteiger partial charge >= 0.3 is 0 Å². The van der Waals surface area contributed by atoms with Gasteiger partial charge < -0.3 is 25.7 Å². The maximum absolute atomic E-state index is 13.9. The van der Waals surface area contributed by atoms with Crippen molar-refractivity contribution in [2.75, 3.05) is 18.4 Å². The molecule has 0 heterocycles. The van der Waals surface area contributed by atoms with Crippen molar-refractivity contribution in [3.63, 3.8) is 0 Å². The summed E-state index contributed by atoms with van der Waals surface area (Å²) in [6.45, 7) is 6.94. The lowest BCUT2D eigenvalue weighted by molar-refractivity contribution is -0.105. The van der Waals surface area contributed by atoms with Crippen LogP contribution in [0.25, 0.3) is 0 Å². The highest BCUT2D eigenvalue weighted by atomic mass is 19.1. The van der Waals surface area contributed by atoms with Crippen LogP contribution in [-0.4, -0.2) is 64.7 Å². The summed E-state index contributed by atoms with van der Waals surface area (Å²) in [5.41, 5.74) is 0.640. The average molecular weight is 562 g/mol. The van der Waals surface area contributed by atoms with Crippen molar-refractivity contribution in [3.05, 3.63) is 64.7 Å². The second-order valence-electron chi connectivity index (χ2n) is 9.97. The molecule has 0 spiro atoms. The Bertz CT molecular complexity index is 1100. The predicted molar refractivity (Wildman–Crippen MR) is 150 cm³/mol. The van der Waals surface area contributed by atoms with E-state index in [9.17, 15) is 33.4 Å². The molecule has 0 aliphatic carbocycles. The second-order valence-corrected chi connectivity index (χ2v) is 9.97. The molecule has 40 heavy (non-hydrogen) atoms. The number of unbranched alkanes of at least 4 members (excludes halogenated alkanes) is 2. The topological polar surface area (TPSA) is 119 Å². The number of hydrogen-bond donors (Lipinski definition) is 4. The first kappa shape index (κ1) is 32.8. The smallest absolute Gasteiger partial charge is 0.253 e. The number of amides is 3. The summed E-state index contributed by atoms with van der Waals surface area (Å²) in [7, 11) is 0. The summed E-state index contributed by atoms with van der Waals surface area (Å²) in [6, 6.07) is 6.06. The van der Waals surface area contributed by atoms with Gasteiger partial charge in [-0.05, 0) is 61.6 Å². The molecule has 0 unspecified atom stereocenters. The first-order valence-electron chi connectivity index (χ1n) is 13.9. The van der Waals surface area contributed by atoms with Crippen LogP contribution in [-0.2, 0) is 11.2 Å². The van der Waals surface area contributed by atoms with Gasteiger partial charge in [-0.2, -0.15) is 0 Å². The monoisotopic (exact) mass is 561 g/mol. The molecule has 0 radical (unpaired) electrons. The van der Waals surface area contributed by atoms with E-state index in [0.29, 0.717) is 25.9 Å². The lowest BCUT2D eigenvalue weighted by Gasteiger charge is -2.28. The van der Waals surface area contributed by atoms with Crippen molar-refractivity contribution >= 4 is 23.9 Å². The Morgan fingerprint density at radius 1 is 0.900 bits per heavy atom. The summed E-state index contributed by atoms with van der Waals surface area (Å²) in [5, 5.41) is 26.7. The van der Waals surface area contributed by atoms with Gasteiger partial charge in [0, 0.05) is 36.0 Å². The number of hydrogen-bond acceptors (Lipinski definition) is 5. The molecule has 0 fully saturated rings. The number of nitrogens with one attached hydrogen (secondary N) is 2. The van der Waals surface area contributed by atoms with Crippen LogP contribution >= 0.6 is 0 Å². The Kier molecular flexibility index (Phi) is 13.7. The molecule has 2 aromatic rings. The van der Waals surface area contributed by atoms with E-state index in [0.717, 1.165) is 43.9 Å². The number of halogens is 2. The first-order chi connectivity index (χ1) is 19.1. The zero-order valence-electron chi connectivity index (χ0n) is 23.5. The fraction of sp³-hybridized carbons (Fsp3) is 0.500. The highest BCUT2D eigenvalue weighted by Gasteiger charge is 2.29. The molecule has 0 saturated heterocycles. The Morgan fingerprint density at radius 3 is 2.10 bits per heavy atom. The number of aliphatic hydroxyl groups is 2. The summed E-state index contributed by atoms with van der Waals surface area (Å²) in [4.78, 5) is 39.5. The summed E-state index contributed by atoms with van der Waals surface area (Å²) < 4.78 is 27.7. The van der Waals surface area contributed by atoms with Crippen LogP contribution in [0.4, 0.5) is 14.5 Å². The minimum absolute atomic E-state index is 0.0336. The molecule has 0 bridgehead atoms. The molecular weight excluding hydrogens is 520 g/mol. The number of anilines is 1. The van der Waals surface area contributed by atoms with Gasteiger partial charge in [0.05, 0.1) is 12.1 Å². The zero-order valence-corrected chi connectivity index (χ0v) is 23.5. The Balaban J connectivity index is 2.41. The normalized spacial score (nSPS) is 13.3. The van der Waals surface area contributed by atoms with Gasteiger partial charge in [0.25, 0.3) is 11.8 Å². The molecule has 0 aliphatic heterocycles. The van der Waals surface area contributed by atoms with Crippen LogP contribution in [0.15, 0.2) is 36.4 Å². The highest BCUT2D eigenvalue weighted by molar-refractivity contribution is 6.01. The standard InChI is InChI=1S/C30H41F2N3O5/c1-4-7-8-9-27(37)28(38)26(14-20-12-23(31)18-24(32)13-20)34-29(39)21-15-22(17-25(16-21)33-19-36)30(40)35(10-5-2)11-6-3/h12-13,15-19,26-28,37-38H,4-11,14H2,1-3H3,(H,33,36)(H,34,39)/t26-,27+,28+/m0/s1. The van der Waals surface area contributed by atoms with E-state index in [-0.39, 0.29) is 41.1 Å². The van der Waals surface area contributed by atoms with E-state index in [1.165, 1.54) is 18.2 Å². The minimum atomic E-state index is -1.44. The molecular formula is C30H41F2N3O5. The molecule has 3 atom stereocenters. The van der Waals surface area contributed by atoms with Crippen LogP contribution in [0.2, 0.25) is 0 Å². The van der Waals surface area contributed by atoms with E-state index in [1.807, 2.05) is 20.8 Å². The Hall–Kier alpha value is -3.37. The van der Waals surface area contributed by atoms with Crippen LogP contribution in [0, 0.1) is 11.6 Å². The lowest BCUT2D eigenvalue weighted by atomic mass is 9.94. The molecule has 3 amide bonds. The summed E-state index contributed by atoms with van der Waals surface area (Å²) in [5.74, 6) is -2.61. The molecule has 220 valence electrons. The van der Waals surface area contributed by atoms with Crippen molar-refractivity contribution in [2.45, 2.75) is 84.0 Å². The highest BCUT2D eigenvalue weighted by Crippen LogP contribution is 2.20. The maximum atomic E-state index is 13.9. The van der Waals surface area contributed by atoms with E-state index >= 15 is 0 Å². The molecule has 10 heteroatoms. The number of carbonyl (C=O) groups is 3. The average Bonchev–Trinajstić information content (AvgIpc) is 2.91. The molecule has 4 N–H and O–H groups in total. The summed E-state index contributed by atoms with van der Waals surface area (Å²) >= 11 is 0. The molecule has 0 aliphatic rings. The van der Waals surface area contributed by atoms with E-state index in [1.54, 1.807) is 4.90 Å². The second kappa shape index (κ2) is 16.7. The quantitative estimate of drug-likeness (QED) is 0.168. The maximum Gasteiger partial charge on any atom is 0.253 e. The van der Waals surface area contributed by atoms with Crippen molar-refractivity contribution in [1.29, 1.82) is 0 Å². The third-order valence-corrected chi connectivity index (χ3v) is 6.55. The molecule has 0 aromatic heterocycles. The van der Waals surface area contributed by atoms with Crippen LogP contribution in [0.3, 0.4) is 0 Å². The van der Waals surface area contributed by atoms with Crippen molar-refractivity contribution in [2.24, 2.45) is 0 Å². The van der Waals surface area contributed by atoms with Gasteiger partial charge in [0.15, 0.2) is 0 Å². The fourth-order valence-corrected chi connectivity index (χ4v) is 4.60. The molecule has 8 nitrogen and oxygen atoms in total. The lowest BCUT2D eigenvalue weighted by Crippen LogP contribution is -2.50. The number of nitrogens with zero attached hydrogens (tertiary/aromatic N) is 1. The van der Waals surface area contributed by atoms with Gasteiger partial charge in [0.2, 0.25) is 6.41 Å². The number of aliphatic hydroxyl groups excluding tert-OH is 2. The fourth-order valence-electron chi connectivity index (χ4n) is 4.60. The van der Waals surface area contributed by atoms with Gasteiger partial charge in [-0.15, -0.1) is 0 Å². The van der Waals surface area contributed by atoms with Crippen LogP contribution in [0.5, 0.6) is 0 Å². The van der Waals surface area contributed by atoms with E-state index < -0.39 is 35.8 Å². The molecule has 2 rings (SSSR count). The molecule has 2 aromatic carbocycles. The number of rotatable bonds is 17. The predicted octanol–water partition coefficient (Wildman–Crippen LogP) is 4.44. The Morgan fingerprint density at radius 2 is 1.52 bits per heavy atom. The van der Waals surface area contributed by atoms with Crippen LogP contribution in [0.1, 0.15) is 85.6 Å². The first-order valence-corrected chi connectivity index (χ1v) is 13.9. The van der Waals surface area contributed by atoms with Crippen LogP contribution < -0.4 is 10.6 Å². The SMILES string of the molecule is CCCCC[C@@H](O)[C@H](O)[C@H](Cc1cc(F)cc(F)c1)NC(=O)c1cc(NC=O)cc(C(=O)N(CCC)CCC)c1. The number of benzene rings is 2. The third-order valence-electron chi connectivity index (χ3n) is 6.55. The van der Waals surface area contributed by atoms with Crippen molar-refractivity contribution in [3.8, 4) is 0 Å². The number of carbonyl (C=O) groups excluding carboxylic acids is 3.